The standard InChI is InChI=1S/C18H21N5O2/c1-12(2)13-3-5-14(6-4-13)16(8-10-24)19-18(25)15-7-9-23-17(11-15)20-21-22-23/h3-7,9,11-12,16,24H,8,10H2,1-2H3,(H,19,25). The number of aromatic nitrogens is 4. The summed E-state index contributed by atoms with van der Waals surface area (Å²) in [5.41, 5.74) is 3.19. The number of rotatable bonds is 6. The smallest absolute Gasteiger partial charge is 0.251 e. The zero-order valence-corrected chi connectivity index (χ0v) is 14.3. The minimum absolute atomic E-state index is 0.00991. The van der Waals surface area contributed by atoms with Crippen molar-refractivity contribution in [3.05, 3.63) is 59.3 Å². The third kappa shape index (κ3) is 3.83. The van der Waals surface area contributed by atoms with Crippen molar-refractivity contribution in [3.63, 3.8) is 0 Å². The van der Waals surface area contributed by atoms with Gasteiger partial charge in [0, 0.05) is 18.4 Å². The monoisotopic (exact) mass is 339 g/mol. The molecule has 0 bridgehead atoms. The number of pyridine rings is 1. The Balaban J connectivity index is 1.79. The molecule has 130 valence electrons. The largest absolute Gasteiger partial charge is 0.396 e. The molecule has 3 rings (SSSR count). The lowest BCUT2D eigenvalue weighted by molar-refractivity contribution is 0.0930. The summed E-state index contributed by atoms with van der Waals surface area (Å²) in [6, 6.07) is 11.2. The van der Waals surface area contributed by atoms with Crippen LogP contribution in [0.3, 0.4) is 0 Å². The maximum atomic E-state index is 12.6. The molecular weight excluding hydrogens is 318 g/mol. The number of hydrogen-bond donors (Lipinski definition) is 2. The van der Waals surface area contributed by atoms with Crippen molar-refractivity contribution in [3.8, 4) is 0 Å². The first kappa shape index (κ1) is 17.0. The van der Waals surface area contributed by atoms with E-state index in [1.165, 1.54) is 10.1 Å². The van der Waals surface area contributed by atoms with E-state index in [-0.39, 0.29) is 18.6 Å². The van der Waals surface area contributed by atoms with Crippen LogP contribution >= 0.6 is 0 Å². The van der Waals surface area contributed by atoms with Gasteiger partial charge >= 0.3 is 0 Å². The van der Waals surface area contributed by atoms with E-state index in [0.29, 0.717) is 23.5 Å². The lowest BCUT2D eigenvalue weighted by Gasteiger charge is -2.19. The second kappa shape index (κ2) is 7.40. The van der Waals surface area contributed by atoms with Crippen molar-refractivity contribution in [1.29, 1.82) is 0 Å². The second-order valence-electron chi connectivity index (χ2n) is 6.26. The molecular formula is C18H21N5O2. The van der Waals surface area contributed by atoms with Gasteiger partial charge in [0.2, 0.25) is 0 Å². The molecule has 0 aliphatic rings. The zero-order valence-electron chi connectivity index (χ0n) is 14.3. The molecule has 3 aromatic rings. The highest BCUT2D eigenvalue weighted by Gasteiger charge is 2.16. The summed E-state index contributed by atoms with van der Waals surface area (Å²) >= 11 is 0. The highest BCUT2D eigenvalue weighted by Crippen LogP contribution is 2.21. The molecule has 1 unspecified atom stereocenters. The van der Waals surface area contributed by atoms with Gasteiger partial charge in [-0.1, -0.05) is 38.1 Å². The van der Waals surface area contributed by atoms with Gasteiger partial charge in [-0.3, -0.25) is 4.79 Å². The summed E-state index contributed by atoms with van der Waals surface area (Å²) in [6.07, 6.45) is 2.09. The molecule has 2 N–H and O–H groups in total. The van der Waals surface area contributed by atoms with Crippen molar-refractivity contribution < 1.29 is 9.90 Å². The van der Waals surface area contributed by atoms with E-state index in [0.717, 1.165) is 5.56 Å². The molecule has 0 fully saturated rings. The van der Waals surface area contributed by atoms with Gasteiger partial charge < -0.3 is 10.4 Å². The van der Waals surface area contributed by atoms with Crippen molar-refractivity contribution in [2.75, 3.05) is 6.61 Å². The van der Waals surface area contributed by atoms with Crippen LogP contribution in [0.25, 0.3) is 5.65 Å². The highest BCUT2D eigenvalue weighted by atomic mass is 16.3. The quantitative estimate of drug-likeness (QED) is 0.717. The molecule has 7 heteroatoms. The van der Waals surface area contributed by atoms with Crippen LogP contribution < -0.4 is 5.32 Å². The summed E-state index contributed by atoms with van der Waals surface area (Å²) in [5.74, 6) is 0.223. The van der Waals surface area contributed by atoms with Crippen LogP contribution in [0.2, 0.25) is 0 Å². The first-order chi connectivity index (χ1) is 12.1. The molecule has 2 aromatic heterocycles. The lowest BCUT2D eigenvalue weighted by Crippen LogP contribution is -2.29. The first-order valence-electron chi connectivity index (χ1n) is 8.28. The number of nitrogens with one attached hydrogen (secondary N) is 1. The molecule has 1 amide bonds. The fourth-order valence-corrected chi connectivity index (χ4v) is 2.69. The van der Waals surface area contributed by atoms with Crippen LogP contribution in [0.15, 0.2) is 42.6 Å². The summed E-state index contributed by atoms with van der Waals surface area (Å²) in [6.45, 7) is 4.26. The summed E-state index contributed by atoms with van der Waals surface area (Å²) in [5, 5.41) is 23.5. The van der Waals surface area contributed by atoms with Crippen LogP contribution in [0.1, 0.15) is 53.7 Å². The number of carbonyl (C=O) groups is 1. The van der Waals surface area contributed by atoms with Crippen molar-refractivity contribution >= 4 is 11.6 Å². The van der Waals surface area contributed by atoms with E-state index in [2.05, 4.69) is 46.8 Å². The van der Waals surface area contributed by atoms with E-state index in [1.54, 1.807) is 18.3 Å². The van der Waals surface area contributed by atoms with E-state index < -0.39 is 0 Å². The molecule has 25 heavy (non-hydrogen) atoms. The van der Waals surface area contributed by atoms with E-state index in [1.807, 2.05) is 12.1 Å². The number of nitrogens with zero attached hydrogens (tertiary/aromatic N) is 4. The normalized spacial score (nSPS) is 12.5. The van der Waals surface area contributed by atoms with Gasteiger partial charge in [-0.15, -0.1) is 5.10 Å². The molecule has 1 atom stereocenters. The molecule has 7 nitrogen and oxygen atoms in total. The predicted octanol–water partition coefficient (Wildman–Crippen LogP) is 2.10. The third-order valence-electron chi connectivity index (χ3n) is 4.19. The Labute approximate surface area is 145 Å². The number of amides is 1. The maximum absolute atomic E-state index is 12.6. The molecule has 0 aliphatic carbocycles. The van der Waals surface area contributed by atoms with E-state index >= 15 is 0 Å². The number of hydrogen-bond acceptors (Lipinski definition) is 5. The summed E-state index contributed by atoms with van der Waals surface area (Å²) in [4.78, 5) is 12.6. The van der Waals surface area contributed by atoms with Crippen LogP contribution in [-0.4, -0.2) is 37.7 Å². The lowest BCUT2D eigenvalue weighted by atomic mass is 9.97. The number of tetrazole rings is 1. The molecule has 0 saturated carbocycles. The number of fused-ring (bicyclic) bond motifs is 1. The minimum atomic E-state index is -0.258. The van der Waals surface area contributed by atoms with Crippen LogP contribution in [0.5, 0.6) is 0 Å². The Bertz CT molecular complexity index is 857. The molecule has 0 saturated heterocycles. The topological polar surface area (TPSA) is 92.4 Å². The minimum Gasteiger partial charge on any atom is -0.396 e. The first-order valence-corrected chi connectivity index (χ1v) is 8.28. The summed E-state index contributed by atoms with van der Waals surface area (Å²) in [7, 11) is 0. The number of aliphatic hydroxyl groups is 1. The zero-order chi connectivity index (χ0) is 17.8. The van der Waals surface area contributed by atoms with Crippen molar-refractivity contribution in [1.82, 2.24) is 25.4 Å². The predicted molar refractivity (Wildman–Crippen MR) is 93.2 cm³/mol. The summed E-state index contributed by atoms with van der Waals surface area (Å²) < 4.78 is 1.49. The fraction of sp³-hybridized carbons (Fsp3) is 0.333. The van der Waals surface area contributed by atoms with Gasteiger partial charge in [0.25, 0.3) is 5.91 Å². The van der Waals surface area contributed by atoms with Gasteiger partial charge in [0.1, 0.15) is 0 Å². The van der Waals surface area contributed by atoms with Gasteiger partial charge in [-0.2, -0.15) is 0 Å². The SMILES string of the molecule is CC(C)c1ccc(C(CCO)NC(=O)c2ccn3nnnc3c2)cc1. The Morgan fingerprint density at radius 1 is 1.20 bits per heavy atom. The maximum Gasteiger partial charge on any atom is 0.251 e. The molecule has 2 heterocycles. The molecule has 0 spiro atoms. The van der Waals surface area contributed by atoms with Gasteiger partial charge in [-0.25, -0.2) is 4.52 Å². The fourth-order valence-electron chi connectivity index (χ4n) is 2.69. The van der Waals surface area contributed by atoms with E-state index in [4.69, 9.17) is 0 Å². The average Bonchev–Trinajstić information content (AvgIpc) is 3.09. The van der Waals surface area contributed by atoms with Gasteiger partial charge in [-0.05, 0) is 46.0 Å². The van der Waals surface area contributed by atoms with Crippen LogP contribution in [-0.2, 0) is 0 Å². The van der Waals surface area contributed by atoms with Crippen molar-refractivity contribution in [2.45, 2.75) is 32.2 Å². The van der Waals surface area contributed by atoms with E-state index in [9.17, 15) is 9.90 Å². The van der Waals surface area contributed by atoms with Crippen LogP contribution in [0, 0.1) is 0 Å². The van der Waals surface area contributed by atoms with Gasteiger partial charge in [0.05, 0.1) is 6.04 Å². The third-order valence-corrected chi connectivity index (χ3v) is 4.19. The molecule has 0 radical (unpaired) electrons. The Morgan fingerprint density at radius 2 is 1.92 bits per heavy atom. The average molecular weight is 339 g/mol. The molecule has 0 aliphatic heterocycles. The Morgan fingerprint density at radius 3 is 2.60 bits per heavy atom. The number of aliphatic hydroxyl groups excluding tert-OH is 1. The number of carbonyl (C=O) groups excluding carboxylic acids is 1. The number of benzene rings is 1. The Hall–Kier alpha value is -2.80. The Kier molecular flexibility index (Phi) is 5.04. The molecule has 1 aromatic carbocycles. The van der Waals surface area contributed by atoms with Crippen molar-refractivity contribution in [2.24, 2.45) is 0 Å². The van der Waals surface area contributed by atoms with Gasteiger partial charge in [0.15, 0.2) is 5.65 Å². The highest BCUT2D eigenvalue weighted by molar-refractivity contribution is 5.95. The van der Waals surface area contributed by atoms with Crippen LogP contribution in [0.4, 0.5) is 0 Å². The second-order valence-corrected chi connectivity index (χ2v) is 6.26.